The molecule has 1 fully saturated rings. The minimum atomic E-state index is -0.952. The molecular weight excluding hydrogens is 365 g/mol. The van der Waals surface area contributed by atoms with Gasteiger partial charge in [0.05, 0.1) is 15.6 Å². The Kier molecular flexibility index (Phi) is 5.03. The molecule has 140 valence electrons. The van der Waals surface area contributed by atoms with Gasteiger partial charge in [-0.05, 0) is 49.9 Å². The zero-order chi connectivity index (χ0) is 18.8. The predicted octanol–water partition coefficient (Wildman–Crippen LogP) is 4.94. The predicted molar refractivity (Wildman–Crippen MR) is 103 cm³/mol. The van der Waals surface area contributed by atoms with Crippen molar-refractivity contribution in [1.82, 2.24) is 15.2 Å². The summed E-state index contributed by atoms with van der Waals surface area (Å²) in [7, 11) is 0. The van der Waals surface area contributed by atoms with Gasteiger partial charge in [0.2, 0.25) is 5.88 Å². The second-order valence-electron chi connectivity index (χ2n) is 6.69. The Hall–Kier alpha value is -2.54. The number of aromatic nitrogens is 3. The van der Waals surface area contributed by atoms with Crippen LogP contribution in [0.1, 0.15) is 30.7 Å². The molecule has 1 N–H and O–H groups in total. The van der Waals surface area contributed by atoms with Crippen LogP contribution in [0.25, 0.3) is 21.7 Å². The van der Waals surface area contributed by atoms with Crippen molar-refractivity contribution in [3.05, 3.63) is 41.5 Å². The molecule has 0 saturated heterocycles. The van der Waals surface area contributed by atoms with E-state index >= 15 is 0 Å². The molecular formula is C20H20FN3O2S. The molecule has 0 aliphatic heterocycles. The molecule has 0 amide bonds. The lowest BCUT2D eigenvalue weighted by Crippen LogP contribution is -2.32. The Bertz CT molecular complexity index is 929. The van der Waals surface area contributed by atoms with Crippen molar-refractivity contribution in [2.24, 2.45) is 0 Å². The van der Waals surface area contributed by atoms with E-state index in [1.54, 1.807) is 35.7 Å². The van der Waals surface area contributed by atoms with Crippen molar-refractivity contribution >= 4 is 11.3 Å². The molecule has 2 aromatic heterocycles. The Morgan fingerprint density at radius 1 is 1.15 bits per heavy atom. The summed E-state index contributed by atoms with van der Waals surface area (Å²) in [5, 5.41) is 19.6. The number of nitrogens with zero attached hydrogens (tertiary/aromatic N) is 3. The molecule has 5 nitrogen and oxygen atoms in total. The van der Waals surface area contributed by atoms with Gasteiger partial charge in [0.25, 0.3) is 0 Å². The second-order valence-corrected chi connectivity index (χ2v) is 7.92. The SMILES string of the molecule is Cc1ncc(-c2ccc(-c3ccc(O[C@@H]4CCCC[C@@H]4F)nn3)c(O)c2)s1. The molecule has 1 aliphatic rings. The number of benzene rings is 1. The average molecular weight is 385 g/mol. The number of hydrogen-bond donors (Lipinski definition) is 1. The monoisotopic (exact) mass is 385 g/mol. The van der Waals surface area contributed by atoms with E-state index in [-0.39, 0.29) is 5.75 Å². The summed E-state index contributed by atoms with van der Waals surface area (Å²) < 4.78 is 19.6. The van der Waals surface area contributed by atoms with Crippen molar-refractivity contribution in [2.75, 3.05) is 0 Å². The van der Waals surface area contributed by atoms with E-state index in [2.05, 4.69) is 15.2 Å². The number of rotatable bonds is 4. The highest BCUT2D eigenvalue weighted by Gasteiger charge is 2.26. The number of hydrogen-bond acceptors (Lipinski definition) is 6. The minimum Gasteiger partial charge on any atom is -0.507 e. The second kappa shape index (κ2) is 7.60. The molecule has 0 unspecified atom stereocenters. The first-order chi connectivity index (χ1) is 13.1. The van der Waals surface area contributed by atoms with E-state index in [9.17, 15) is 9.50 Å². The summed E-state index contributed by atoms with van der Waals surface area (Å²) in [4.78, 5) is 5.24. The molecule has 3 aromatic rings. The number of ether oxygens (including phenoxy) is 1. The van der Waals surface area contributed by atoms with E-state index in [1.165, 1.54) is 0 Å². The first-order valence-electron chi connectivity index (χ1n) is 9.01. The largest absolute Gasteiger partial charge is 0.507 e. The van der Waals surface area contributed by atoms with E-state index in [1.807, 2.05) is 19.1 Å². The van der Waals surface area contributed by atoms with E-state index < -0.39 is 12.3 Å². The number of alkyl halides is 1. The van der Waals surface area contributed by atoms with Gasteiger partial charge in [-0.3, -0.25) is 0 Å². The average Bonchev–Trinajstić information content (AvgIpc) is 3.11. The van der Waals surface area contributed by atoms with E-state index in [0.29, 0.717) is 30.0 Å². The fourth-order valence-corrected chi connectivity index (χ4v) is 4.04. The quantitative estimate of drug-likeness (QED) is 0.689. The maximum Gasteiger partial charge on any atom is 0.233 e. The third-order valence-corrected chi connectivity index (χ3v) is 5.68. The fourth-order valence-electron chi connectivity index (χ4n) is 3.26. The van der Waals surface area contributed by atoms with Crippen LogP contribution in [0, 0.1) is 6.92 Å². The summed E-state index contributed by atoms with van der Waals surface area (Å²) in [6.45, 7) is 1.94. The standard InChI is InChI=1S/C20H20FN3O2S/c1-12-22-11-19(27-12)13-6-7-14(17(25)10-13)16-8-9-20(24-23-16)26-18-5-3-2-4-15(18)21/h6-11,15,18,25H,2-5H2,1H3/t15-,18+/m0/s1. The third kappa shape index (κ3) is 3.93. The van der Waals surface area contributed by atoms with Gasteiger partial charge >= 0.3 is 0 Å². The van der Waals surface area contributed by atoms with Gasteiger partial charge in [-0.25, -0.2) is 9.37 Å². The summed E-state index contributed by atoms with van der Waals surface area (Å²) in [6, 6.07) is 8.82. The number of aryl methyl sites for hydroxylation is 1. The normalized spacial score (nSPS) is 19.8. The highest BCUT2D eigenvalue weighted by molar-refractivity contribution is 7.15. The molecule has 1 aliphatic carbocycles. The Balaban J connectivity index is 1.51. The Morgan fingerprint density at radius 2 is 2.00 bits per heavy atom. The van der Waals surface area contributed by atoms with Crippen molar-refractivity contribution in [3.63, 3.8) is 0 Å². The highest BCUT2D eigenvalue weighted by atomic mass is 32.1. The summed E-state index contributed by atoms with van der Waals surface area (Å²) in [5.41, 5.74) is 2.02. The van der Waals surface area contributed by atoms with Gasteiger partial charge in [-0.1, -0.05) is 12.5 Å². The van der Waals surface area contributed by atoms with E-state index in [4.69, 9.17) is 4.74 Å². The molecule has 27 heavy (non-hydrogen) atoms. The highest BCUT2D eigenvalue weighted by Crippen LogP contribution is 2.34. The number of phenols is 1. The Morgan fingerprint density at radius 3 is 2.67 bits per heavy atom. The third-order valence-electron chi connectivity index (χ3n) is 4.71. The van der Waals surface area contributed by atoms with Crippen LogP contribution < -0.4 is 4.74 Å². The van der Waals surface area contributed by atoms with Crippen molar-refractivity contribution in [3.8, 4) is 33.3 Å². The fraction of sp³-hybridized carbons (Fsp3) is 0.350. The number of phenolic OH excluding ortho intramolecular Hbond substituents is 1. The van der Waals surface area contributed by atoms with Gasteiger partial charge in [0.1, 0.15) is 18.0 Å². The van der Waals surface area contributed by atoms with Crippen LogP contribution in [0.15, 0.2) is 36.5 Å². The molecule has 0 radical (unpaired) electrons. The van der Waals surface area contributed by atoms with Gasteiger partial charge in [0.15, 0.2) is 0 Å². The summed E-state index contributed by atoms with van der Waals surface area (Å²) in [5.74, 6) is 0.433. The van der Waals surface area contributed by atoms with Crippen LogP contribution >= 0.6 is 11.3 Å². The molecule has 2 heterocycles. The molecule has 1 aromatic carbocycles. The van der Waals surface area contributed by atoms with Crippen molar-refractivity contribution < 1.29 is 14.2 Å². The van der Waals surface area contributed by atoms with Gasteiger partial charge in [-0.2, -0.15) is 0 Å². The zero-order valence-corrected chi connectivity index (χ0v) is 15.7. The van der Waals surface area contributed by atoms with Crippen molar-refractivity contribution in [1.29, 1.82) is 0 Å². The van der Waals surface area contributed by atoms with Crippen LogP contribution in [0.2, 0.25) is 0 Å². The summed E-state index contributed by atoms with van der Waals surface area (Å²) in [6.07, 6.45) is 3.50. The molecule has 1 saturated carbocycles. The Labute approximate surface area is 160 Å². The zero-order valence-electron chi connectivity index (χ0n) is 14.9. The lowest BCUT2D eigenvalue weighted by molar-refractivity contribution is 0.0594. The lowest BCUT2D eigenvalue weighted by Gasteiger charge is -2.25. The molecule has 2 atom stereocenters. The maximum absolute atomic E-state index is 13.9. The van der Waals surface area contributed by atoms with Crippen LogP contribution in [0.5, 0.6) is 11.6 Å². The maximum atomic E-state index is 13.9. The number of thiazole rings is 1. The number of aromatic hydroxyl groups is 1. The lowest BCUT2D eigenvalue weighted by atomic mass is 9.96. The topological polar surface area (TPSA) is 68.1 Å². The summed E-state index contributed by atoms with van der Waals surface area (Å²) >= 11 is 1.57. The number of halogens is 1. The van der Waals surface area contributed by atoms with Gasteiger partial charge in [-0.15, -0.1) is 21.5 Å². The van der Waals surface area contributed by atoms with Crippen molar-refractivity contribution in [2.45, 2.75) is 44.9 Å². The molecule has 0 spiro atoms. The first kappa shape index (κ1) is 17.9. The molecule has 0 bridgehead atoms. The minimum absolute atomic E-state index is 0.123. The van der Waals surface area contributed by atoms with Crippen LogP contribution in [0.3, 0.4) is 0 Å². The smallest absolute Gasteiger partial charge is 0.233 e. The van der Waals surface area contributed by atoms with E-state index in [0.717, 1.165) is 28.3 Å². The van der Waals surface area contributed by atoms with Crippen LogP contribution in [-0.4, -0.2) is 32.6 Å². The first-order valence-corrected chi connectivity index (χ1v) is 9.82. The molecule has 4 rings (SSSR count). The van der Waals surface area contributed by atoms with Gasteiger partial charge in [0, 0.05) is 17.8 Å². The van der Waals surface area contributed by atoms with Crippen LogP contribution in [-0.2, 0) is 0 Å². The molecule has 7 heteroatoms. The van der Waals surface area contributed by atoms with Gasteiger partial charge < -0.3 is 9.84 Å². The van der Waals surface area contributed by atoms with Crippen LogP contribution in [0.4, 0.5) is 4.39 Å².